The molecule has 0 atom stereocenters. The molecule has 0 aliphatic rings. The molecule has 0 aliphatic carbocycles. The van der Waals surface area contributed by atoms with Crippen LogP contribution in [0.15, 0.2) is 182 Å². The van der Waals surface area contributed by atoms with Crippen LogP contribution in [0.4, 0.5) is 17.6 Å². The van der Waals surface area contributed by atoms with Crippen LogP contribution in [0.25, 0.3) is 0 Å². The molecule has 48 heavy (non-hydrogen) atoms. The van der Waals surface area contributed by atoms with Crippen LogP contribution >= 0.6 is 0 Å². The summed E-state index contributed by atoms with van der Waals surface area (Å²) >= 11 is -10.6. The standard InChI is InChI=1S/C6F4.6C6H5.2Pb/c7-3-1-4(8)6(10)2-5(3)9;6*1-2-4-6-5-3-1;;/h;6*1-5H;;. The van der Waals surface area contributed by atoms with Gasteiger partial charge < -0.3 is 0 Å². The quantitative estimate of drug-likeness (QED) is 0.115. The van der Waals surface area contributed by atoms with Crippen molar-refractivity contribution in [1.29, 1.82) is 0 Å². The Labute approximate surface area is 287 Å². The van der Waals surface area contributed by atoms with Crippen LogP contribution < -0.4 is 25.0 Å². The van der Waals surface area contributed by atoms with E-state index in [-0.39, 0.29) is 0 Å². The first-order valence-electron chi connectivity index (χ1n) is 15.7. The summed E-state index contributed by atoms with van der Waals surface area (Å²) in [6.07, 6.45) is 0. The van der Waals surface area contributed by atoms with E-state index in [9.17, 15) is 0 Å². The molecule has 0 N–H and O–H groups in total. The number of rotatable bonds is 8. The van der Waals surface area contributed by atoms with Crippen LogP contribution in [0.5, 0.6) is 0 Å². The van der Waals surface area contributed by atoms with E-state index in [0.717, 1.165) is 0 Å². The van der Waals surface area contributed by atoms with Crippen molar-refractivity contribution in [2.24, 2.45) is 0 Å². The van der Waals surface area contributed by atoms with Gasteiger partial charge in [0.1, 0.15) is 0 Å². The van der Waals surface area contributed by atoms with Gasteiger partial charge in [-0.1, -0.05) is 0 Å². The third kappa shape index (κ3) is 5.28. The fourth-order valence-electron chi connectivity index (χ4n) is 7.29. The zero-order valence-electron chi connectivity index (χ0n) is 25.8. The normalized spacial score (nSPS) is 11.8. The minimum absolute atomic E-state index is 0.471. The van der Waals surface area contributed by atoms with Gasteiger partial charge in [-0.25, -0.2) is 0 Å². The molecule has 0 spiro atoms. The molecule has 0 radical (unpaired) electrons. The third-order valence-corrected chi connectivity index (χ3v) is 46.5. The molecule has 0 nitrogen and oxygen atoms in total. The fourth-order valence-corrected chi connectivity index (χ4v) is 44.8. The topological polar surface area (TPSA) is 0 Å². The molecule has 7 aromatic carbocycles. The van der Waals surface area contributed by atoms with Crippen LogP contribution in [0, 0.1) is 23.3 Å². The van der Waals surface area contributed by atoms with E-state index in [1.54, 1.807) is 0 Å². The second-order valence-corrected chi connectivity index (χ2v) is 40.7. The van der Waals surface area contributed by atoms with Gasteiger partial charge in [0, 0.05) is 0 Å². The molecule has 7 rings (SSSR count). The molecule has 0 aromatic heterocycles. The number of benzene rings is 7. The Hall–Kier alpha value is -3.90. The molecule has 234 valence electrons. The molecule has 7 aromatic rings. The van der Waals surface area contributed by atoms with E-state index >= 15 is 17.6 Å². The van der Waals surface area contributed by atoms with Crippen LogP contribution in [0.1, 0.15) is 0 Å². The molecule has 0 unspecified atom stereocenters. The average molecular weight is 1030 g/mol. The van der Waals surface area contributed by atoms with E-state index in [0.29, 0.717) is 18.7 Å². The van der Waals surface area contributed by atoms with Gasteiger partial charge in [-0.15, -0.1) is 0 Å². The second kappa shape index (κ2) is 13.9. The Morgan fingerprint density at radius 1 is 0.229 bits per heavy atom. The Kier molecular flexibility index (Phi) is 9.46. The van der Waals surface area contributed by atoms with Crippen molar-refractivity contribution in [2.45, 2.75) is 0 Å². The summed E-state index contributed by atoms with van der Waals surface area (Å²) in [6, 6.07) is 54.8. The molecule has 0 aliphatic heterocycles. The molecule has 0 heterocycles. The van der Waals surface area contributed by atoms with Crippen LogP contribution in [0.2, 0.25) is 0 Å². The summed E-state index contributed by atoms with van der Waals surface area (Å²) in [6.45, 7) is 0. The third-order valence-electron chi connectivity index (χ3n) is 9.25. The van der Waals surface area contributed by atoms with E-state index in [2.05, 4.69) is 0 Å². The number of hydrogen-bond donors (Lipinski definition) is 0. The maximum atomic E-state index is 17.6. The van der Waals surface area contributed by atoms with Crippen LogP contribution in [-0.2, 0) is 0 Å². The predicted molar refractivity (Wildman–Crippen MR) is 194 cm³/mol. The molecule has 0 bridgehead atoms. The van der Waals surface area contributed by atoms with Crippen molar-refractivity contribution in [3.8, 4) is 0 Å². The first kappa shape index (κ1) is 32.6. The van der Waals surface area contributed by atoms with Gasteiger partial charge in [-0.3, -0.25) is 0 Å². The van der Waals surface area contributed by atoms with Crippen molar-refractivity contribution in [3.63, 3.8) is 0 Å². The van der Waals surface area contributed by atoms with Gasteiger partial charge in [0.2, 0.25) is 0 Å². The maximum absolute atomic E-state index is 17.6. The van der Waals surface area contributed by atoms with Gasteiger partial charge in [0.25, 0.3) is 0 Å². The Morgan fingerprint density at radius 3 is 0.521 bits per heavy atom. The predicted octanol–water partition coefficient (Wildman–Crippen LogP) is 5.00. The molecule has 0 saturated heterocycles. The van der Waals surface area contributed by atoms with Gasteiger partial charge in [0.05, 0.1) is 0 Å². The van der Waals surface area contributed by atoms with Gasteiger partial charge in [0.15, 0.2) is 0 Å². The SMILES string of the molecule is Fc1c(F)[c]([Pb]([c]2ccccc2)([c]2ccccc2)[c]2ccccc2)c(F)c(F)[c]1[Pb]([c]1ccccc1)([c]1ccccc1)[c]1ccccc1. The van der Waals surface area contributed by atoms with Crippen molar-refractivity contribution in [2.75, 3.05) is 0 Å². The van der Waals surface area contributed by atoms with Crippen molar-refractivity contribution < 1.29 is 17.6 Å². The average Bonchev–Trinajstić information content (AvgIpc) is 3.16. The van der Waals surface area contributed by atoms with Crippen LogP contribution in [-0.4, -0.2) is 42.3 Å². The summed E-state index contributed by atoms with van der Waals surface area (Å²) < 4.78 is 73.8. The fraction of sp³-hybridized carbons (Fsp3) is 0. The van der Waals surface area contributed by atoms with Gasteiger partial charge >= 0.3 is 290 Å². The monoisotopic (exact) mass is 1030 g/mol. The summed E-state index contributed by atoms with van der Waals surface area (Å²) in [4.78, 5) is 0. The molecular formula is C42H30F4Pb2. The van der Waals surface area contributed by atoms with Crippen LogP contribution in [0.3, 0.4) is 0 Å². The van der Waals surface area contributed by atoms with E-state index in [4.69, 9.17) is 0 Å². The molecule has 0 saturated carbocycles. The van der Waals surface area contributed by atoms with Crippen molar-refractivity contribution in [1.82, 2.24) is 0 Å². The second-order valence-electron chi connectivity index (χ2n) is 11.7. The minimum atomic E-state index is -5.32. The van der Waals surface area contributed by atoms with E-state index < -0.39 is 71.9 Å². The van der Waals surface area contributed by atoms with Crippen molar-refractivity contribution >= 4 is 67.3 Å². The molecule has 0 fully saturated rings. The van der Waals surface area contributed by atoms with Gasteiger partial charge in [-0.2, -0.15) is 0 Å². The van der Waals surface area contributed by atoms with E-state index in [1.807, 2.05) is 182 Å². The Balaban J connectivity index is 1.67. The number of halogens is 4. The van der Waals surface area contributed by atoms with Gasteiger partial charge in [-0.05, 0) is 0 Å². The van der Waals surface area contributed by atoms with E-state index in [1.165, 1.54) is 0 Å². The Bertz CT molecular complexity index is 1770. The molecule has 6 heteroatoms. The molecular weight excluding hydrogens is 995 g/mol. The molecule has 0 amide bonds. The summed E-state index contributed by atoms with van der Waals surface area (Å²) in [5.74, 6) is -5.24. The Morgan fingerprint density at radius 2 is 0.375 bits per heavy atom. The summed E-state index contributed by atoms with van der Waals surface area (Å²) in [7, 11) is 0. The first-order valence-corrected chi connectivity index (χ1v) is 31.3. The zero-order valence-corrected chi connectivity index (χ0v) is 33.6. The summed E-state index contributed by atoms with van der Waals surface area (Å²) in [5.41, 5.74) is 0. The van der Waals surface area contributed by atoms with Crippen molar-refractivity contribution in [3.05, 3.63) is 205 Å². The summed E-state index contributed by atoms with van der Waals surface area (Å²) in [5, 5.41) is 0. The number of hydrogen-bond acceptors (Lipinski definition) is 0. The zero-order chi connectivity index (χ0) is 33.1. The first-order chi connectivity index (χ1) is 23.5.